The van der Waals surface area contributed by atoms with Crippen molar-refractivity contribution in [2.45, 2.75) is 207 Å². The first kappa shape index (κ1) is 58.9. The fraction of sp³-hybridized carbons (Fsp3) is 0.617. The van der Waals surface area contributed by atoms with E-state index in [4.69, 9.17) is 14.2 Å². The van der Waals surface area contributed by atoms with E-state index >= 15 is 0 Å². The number of carbonyl (C=O) groups is 3. The van der Waals surface area contributed by atoms with Crippen molar-refractivity contribution >= 4 is 17.9 Å². The third-order valence-electron chi connectivity index (χ3n) is 12.4. The molecule has 67 heavy (non-hydrogen) atoms. The fourth-order valence-corrected chi connectivity index (χ4v) is 8.10. The van der Waals surface area contributed by atoms with Crippen LogP contribution in [0, 0.1) is 11.8 Å². The monoisotopic (exact) mass is 924 g/mol. The molecule has 0 aromatic heterocycles. The van der Waals surface area contributed by atoms with Crippen LogP contribution in [0.2, 0.25) is 0 Å². The average molecular weight is 924 g/mol. The second-order valence-electron chi connectivity index (χ2n) is 19.1. The number of ether oxygens (including phenoxy) is 3. The Balaban J connectivity index is 1.49. The molecule has 0 amide bonds. The van der Waals surface area contributed by atoms with Gasteiger partial charge in [0.15, 0.2) is 0 Å². The van der Waals surface area contributed by atoms with Gasteiger partial charge in [-0.25, -0.2) is 0 Å². The number of esters is 3. The van der Waals surface area contributed by atoms with Gasteiger partial charge in [-0.15, -0.1) is 0 Å². The molecule has 0 bridgehead atoms. The summed E-state index contributed by atoms with van der Waals surface area (Å²) in [6.45, 7) is 6.12. The van der Waals surface area contributed by atoms with E-state index in [9.17, 15) is 14.4 Å². The molecule has 0 aliphatic heterocycles. The Bertz CT molecular complexity index is 1510. The summed E-state index contributed by atoms with van der Waals surface area (Å²) in [4.78, 5) is 39.2. The maximum absolute atomic E-state index is 13.1. The van der Waals surface area contributed by atoms with Gasteiger partial charge in [0.05, 0.1) is 0 Å². The molecule has 2 aromatic carbocycles. The van der Waals surface area contributed by atoms with Gasteiger partial charge in [0.1, 0.15) is 19.3 Å². The molecule has 0 saturated heterocycles. The van der Waals surface area contributed by atoms with Crippen LogP contribution in [-0.4, -0.2) is 49.6 Å². The van der Waals surface area contributed by atoms with Crippen molar-refractivity contribution in [3.63, 3.8) is 0 Å². The van der Waals surface area contributed by atoms with Crippen molar-refractivity contribution in [1.82, 2.24) is 4.90 Å². The van der Waals surface area contributed by atoms with Gasteiger partial charge in [-0.3, -0.25) is 14.4 Å². The van der Waals surface area contributed by atoms with Crippen LogP contribution in [0.15, 0.2) is 109 Å². The van der Waals surface area contributed by atoms with E-state index < -0.39 is 0 Å². The molecule has 7 nitrogen and oxygen atoms in total. The Morgan fingerprint density at radius 1 is 0.463 bits per heavy atom. The lowest BCUT2D eigenvalue weighted by atomic mass is 9.92. The minimum absolute atomic E-state index is 0.0157. The van der Waals surface area contributed by atoms with E-state index in [1.807, 2.05) is 60.7 Å². The van der Waals surface area contributed by atoms with Crippen LogP contribution in [0.5, 0.6) is 0 Å². The highest BCUT2D eigenvalue weighted by Crippen LogP contribution is 2.21. The van der Waals surface area contributed by atoms with E-state index in [0.29, 0.717) is 44.3 Å². The van der Waals surface area contributed by atoms with E-state index in [0.717, 1.165) is 108 Å². The van der Waals surface area contributed by atoms with Gasteiger partial charge in [0, 0.05) is 25.8 Å². The molecule has 2 unspecified atom stereocenters. The maximum atomic E-state index is 13.1. The molecule has 0 radical (unpaired) electrons. The first-order valence-corrected chi connectivity index (χ1v) is 26.6. The van der Waals surface area contributed by atoms with Crippen molar-refractivity contribution in [3.8, 4) is 0 Å². The highest BCUT2D eigenvalue weighted by molar-refractivity contribution is 5.70. The second-order valence-corrected chi connectivity index (χ2v) is 19.1. The van der Waals surface area contributed by atoms with Gasteiger partial charge in [0.2, 0.25) is 0 Å². The molecule has 0 N–H and O–H groups in total. The van der Waals surface area contributed by atoms with Crippen LogP contribution in [0.4, 0.5) is 0 Å². The zero-order chi connectivity index (χ0) is 48.3. The lowest BCUT2D eigenvalue weighted by Gasteiger charge is -2.24. The Hall–Kier alpha value is -4.23. The quantitative estimate of drug-likeness (QED) is 0.0284. The summed E-state index contributed by atoms with van der Waals surface area (Å²) in [5.41, 5.74) is 2.05. The number of hydrogen-bond acceptors (Lipinski definition) is 7. The smallest absolute Gasteiger partial charge is 0.306 e. The standard InChI is InChI=1S/C60H93NO6/c1-53(54(2)50-61(3)4)49-60(64)67-57(45-37-27-23-19-15-11-7-5-9-13-17-21-25-29-39-47-58(62)65-51-55-41-33-31-34-42-55)46-38-28-24-20-16-12-8-6-10-14-18-22-26-30-40-48-59(63)66-52-56-43-35-32-36-44-56/h5-6,9-10,17-18,21-22,31-36,41-44,53-54,57H,7-8,11-16,19-20,23-30,37-40,45-52H2,1-4H3/b9-5-,10-6-,21-17-,22-18-. The van der Waals surface area contributed by atoms with Crippen LogP contribution in [0.25, 0.3) is 0 Å². The fourth-order valence-electron chi connectivity index (χ4n) is 8.10. The number of benzene rings is 2. The average Bonchev–Trinajstić information content (AvgIpc) is 3.32. The highest BCUT2D eigenvalue weighted by atomic mass is 16.5. The van der Waals surface area contributed by atoms with Crippen molar-refractivity contribution in [2.24, 2.45) is 11.8 Å². The normalized spacial score (nSPS) is 12.9. The summed E-state index contributed by atoms with van der Waals surface area (Å²) in [5, 5.41) is 0. The largest absolute Gasteiger partial charge is 0.462 e. The number of unbranched alkanes of at least 4 members (excludes halogenated alkanes) is 16. The molecule has 2 rings (SSSR count). The van der Waals surface area contributed by atoms with Crippen LogP contribution in [-0.2, 0) is 41.8 Å². The summed E-state index contributed by atoms with van der Waals surface area (Å²) < 4.78 is 16.9. The molecule has 0 saturated carbocycles. The van der Waals surface area contributed by atoms with Crippen LogP contribution >= 0.6 is 0 Å². The number of carbonyl (C=O) groups excluding carboxylic acids is 3. The summed E-state index contributed by atoms with van der Waals surface area (Å²) in [7, 11) is 4.19. The van der Waals surface area contributed by atoms with Gasteiger partial charge in [-0.05, 0) is 140 Å². The molecule has 2 aromatic rings. The van der Waals surface area contributed by atoms with Gasteiger partial charge >= 0.3 is 17.9 Å². The number of rotatable bonds is 42. The molecule has 0 aliphatic carbocycles. The molecule has 2 atom stereocenters. The van der Waals surface area contributed by atoms with Gasteiger partial charge in [0.25, 0.3) is 0 Å². The Morgan fingerprint density at radius 2 is 0.836 bits per heavy atom. The Morgan fingerprint density at radius 3 is 1.24 bits per heavy atom. The number of hydrogen-bond donors (Lipinski definition) is 0. The molecule has 7 heteroatoms. The van der Waals surface area contributed by atoms with Crippen LogP contribution in [0.3, 0.4) is 0 Å². The first-order valence-electron chi connectivity index (χ1n) is 26.6. The number of nitrogens with zero attached hydrogens (tertiary/aromatic N) is 1. The maximum Gasteiger partial charge on any atom is 0.306 e. The predicted molar refractivity (Wildman–Crippen MR) is 280 cm³/mol. The summed E-state index contributed by atoms with van der Waals surface area (Å²) in [6.07, 6.45) is 46.2. The van der Waals surface area contributed by atoms with Gasteiger partial charge in [-0.2, -0.15) is 0 Å². The van der Waals surface area contributed by atoms with Crippen molar-refractivity contribution < 1.29 is 28.6 Å². The van der Waals surface area contributed by atoms with E-state index in [2.05, 4.69) is 81.5 Å². The SMILES string of the molecule is CC(CC(=O)OC(CCCCCCCC/C=C\C/C=C\CCCCC(=O)OCc1ccccc1)CCCCCCCC/C=C\C/C=C\CCCCC(=O)OCc1ccccc1)C(C)CN(C)C. The minimum Gasteiger partial charge on any atom is -0.462 e. The van der Waals surface area contributed by atoms with E-state index in [1.165, 1.54) is 64.2 Å². The molecule has 0 aliphatic rings. The molecule has 374 valence electrons. The topological polar surface area (TPSA) is 82.1 Å². The zero-order valence-electron chi connectivity index (χ0n) is 42.7. The molecule has 0 spiro atoms. The third kappa shape index (κ3) is 36.5. The molecule has 0 fully saturated rings. The molecule has 0 heterocycles. The second kappa shape index (κ2) is 41.9. The molecular weight excluding hydrogens is 831 g/mol. The van der Waals surface area contributed by atoms with Crippen molar-refractivity contribution in [2.75, 3.05) is 20.6 Å². The van der Waals surface area contributed by atoms with E-state index in [1.54, 1.807) is 0 Å². The summed E-state index contributed by atoms with van der Waals surface area (Å²) in [5.74, 6) is 0.519. The van der Waals surface area contributed by atoms with Gasteiger partial charge in [-0.1, -0.05) is 174 Å². The van der Waals surface area contributed by atoms with Gasteiger partial charge < -0.3 is 19.1 Å². The first-order chi connectivity index (χ1) is 32.7. The minimum atomic E-state index is -0.115. The lowest BCUT2D eigenvalue weighted by Crippen LogP contribution is -2.27. The molecular formula is C60H93NO6. The summed E-state index contributed by atoms with van der Waals surface area (Å²) >= 11 is 0. The highest BCUT2D eigenvalue weighted by Gasteiger charge is 2.20. The Kier molecular flexibility index (Phi) is 36.8. The summed E-state index contributed by atoms with van der Waals surface area (Å²) in [6, 6.07) is 19.6. The van der Waals surface area contributed by atoms with Crippen LogP contribution in [0.1, 0.15) is 198 Å². The van der Waals surface area contributed by atoms with Crippen LogP contribution < -0.4 is 0 Å². The third-order valence-corrected chi connectivity index (χ3v) is 12.4. The van der Waals surface area contributed by atoms with Crippen molar-refractivity contribution in [3.05, 3.63) is 120 Å². The Labute approximate surface area is 409 Å². The van der Waals surface area contributed by atoms with Crippen molar-refractivity contribution in [1.29, 1.82) is 0 Å². The number of allylic oxidation sites excluding steroid dienone is 8. The van der Waals surface area contributed by atoms with E-state index in [-0.39, 0.29) is 24.0 Å². The predicted octanol–water partition coefficient (Wildman–Crippen LogP) is 16.0. The zero-order valence-corrected chi connectivity index (χ0v) is 42.7. The lowest BCUT2D eigenvalue weighted by molar-refractivity contribution is -0.151.